The number of halogens is 3. The molecule has 2 N–H and O–H groups in total. The van der Waals surface area contributed by atoms with Crippen LogP contribution in [-0.4, -0.2) is 36.4 Å². The lowest BCUT2D eigenvalue weighted by Crippen LogP contribution is -2.42. The molecule has 19 heavy (non-hydrogen) atoms. The summed E-state index contributed by atoms with van der Waals surface area (Å²) in [6, 6.07) is 2.26. The number of carbonyl (C=O) groups excluding carboxylic acids is 1. The largest absolute Gasteiger partial charge is 0.328 e. The molecular formula is C13H15ClF2N2O. The van der Waals surface area contributed by atoms with Crippen LogP contribution in [0.5, 0.6) is 0 Å². The van der Waals surface area contributed by atoms with Crippen LogP contribution in [0.2, 0.25) is 5.02 Å². The molecule has 0 bridgehead atoms. The number of carbonyl (C=O) groups is 1. The van der Waals surface area contributed by atoms with E-state index in [2.05, 4.69) is 0 Å². The highest BCUT2D eigenvalue weighted by Gasteiger charge is 2.23. The van der Waals surface area contributed by atoms with E-state index < -0.39 is 17.4 Å². The first-order valence-corrected chi connectivity index (χ1v) is 6.51. The molecule has 6 heteroatoms. The maximum atomic E-state index is 13.6. The number of Topliss-reactive ketones (excluding diaryl/α,β-unsaturated/α-hetero) is 1. The van der Waals surface area contributed by atoms with E-state index in [9.17, 15) is 13.6 Å². The lowest BCUT2D eigenvalue weighted by Gasteiger charge is -2.29. The van der Waals surface area contributed by atoms with Crippen LogP contribution in [0.4, 0.5) is 8.78 Å². The Balaban J connectivity index is 2.10. The van der Waals surface area contributed by atoms with E-state index in [0.29, 0.717) is 13.1 Å². The first-order chi connectivity index (χ1) is 8.99. The average Bonchev–Trinajstić information content (AvgIpc) is 2.37. The summed E-state index contributed by atoms with van der Waals surface area (Å²) in [6.07, 6.45) is 1.60. The second-order valence-electron chi connectivity index (χ2n) is 4.75. The van der Waals surface area contributed by atoms with Crippen molar-refractivity contribution in [3.05, 3.63) is 34.4 Å². The van der Waals surface area contributed by atoms with Gasteiger partial charge >= 0.3 is 0 Å². The van der Waals surface area contributed by atoms with Gasteiger partial charge in [-0.3, -0.25) is 9.69 Å². The zero-order valence-corrected chi connectivity index (χ0v) is 11.1. The van der Waals surface area contributed by atoms with Crippen LogP contribution in [-0.2, 0) is 0 Å². The summed E-state index contributed by atoms with van der Waals surface area (Å²) in [6.45, 7) is 1.40. The number of nitrogens with two attached hydrogens (primary N) is 1. The van der Waals surface area contributed by atoms with Gasteiger partial charge in [0, 0.05) is 19.1 Å². The van der Waals surface area contributed by atoms with Gasteiger partial charge in [-0.25, -0.2) is 8.78 Å². The first-order valence-electron chi connectivity index (χ1n) is 6.13. The molecule has 1 heterocycles. The Morgan fingerprint density at radius 1 is 1.37 bits per heavy atom. The van der Waals surface area contributed by atoms with E-state index in [1.54, 1.807) is 0 Å². The summed E-state index contributed by atoms with van der Waals surface area (Å²) >= 11 is 5.77. The van der Waals surface area contributed by atoms with Crippen molar-refractivity contribution in [1.82, 2.24) is 4.90 Å². The van der Waals surface area contributed by atoms with Gasteiger partial charge in [-0.2, -0.15) is 0 Å². The molecule has 1 saturated heterocycles. The number of ketones is 1. The van der Waals surface area contributed by atoms with Crippen LogP contribution in [0.25, 0.3) is 0 Å². The Bertz CT molecular complexity index is 488. The predicted octanol–water partition coefficient (Wildman–Crippen LogP) is 2.22. The standard InChI is InChI=1S/C13H15ClF2N2O/c14-9-1-2-10(15)13(16)12(9)11(19)7-18-5-3-8(17)4-6-18/h1-2,8H,3-7,17H2. The fraction of sp³-hybridized carbons (Fsp3) is 0.462. The van der Waals surface area contributed by atoms with Crippen LogP contribution < -0.4 is 5.73 Å². The maximum Gasteiger partial charge on any atom is 0.181 e. The summed E-state index contributed by atoms with van der Waals surface area (Å²) in [5.74, 6) is -2.74. The average molecular weight is 289 g/mol. The maximum absolute atomic E-state index is 13.6. The predicted molar refractivity (Wildman–Crippen MR) is 69.3 cm³/mol. The van der Waals surface area contributed by atoms with Crippen molar-refractivity contribution in [3.8, 4) is 0 Å². The fourth-order valence-electron chi connectivity index (χ4n) is 2.18. The van der Waals surface area contributed by atoms with Crippen LogP contribution in [0.15, 0.2) is 12.1 Å². The Labute approximate surface area is 115 Å². The van der Waals surface area contributed by atoms with Gasteiger partial charge in [0.05, 0.1) is 17.1 Å². The lowest BCUT2D eigenvalue weighted by atomic mass is 10.0. The molecule has 0 atom stereocenters. The molecule has 0 amide bonds. The number of nitrogens with zero attached hydrogens (tertiary/aromatic N) is 1. The van der Waals surface area contributed by atoms with Crippen molar-refractivity contribution in [2.45, 2.75) is 18.9 Å². The summed E-state index contributed by atoms with van der Waals surface area (Å²) < 4.78 is 26.7. The van der Waals surface area contributed by atoms with Crippen molar-refractivity contribution in [1.29, 1.82) is 0 Å². The van der Waals surface area contributed by atoms with E-state index >= 15 is 0 Å². The number of benzene rings is 1. The van der Waals surface area contributed by atoms with E-state index in [0.717, 1.165) is 18.9 Å². The number of piperidine rings is 1. The van der Waals surface area contributed by atoms with Gasteiger partial charge in [-0.1, -0.05) is 11.6 Å². The molecular weight excluding hydrogens is 274 g/mol. The van der Waals surface area contributed by atoms with Crippen LogP contribution in [0.1, 0.15) is 23.2 Å². The minimum atomic E-state index is -1.17. The van der Waals surface area contributed by atoms with Gasteiger partial charge in [0.15, 0.2) is 17.4 Å². The second kappa shape index (κ2) is 5.94. The molecule has 1 aliphatic rings. The number of hydrogen-bond acceptors (Lipinski definition) is 3. The second-order valence-corrected chi connectivity index (χ2v) is 5.16. The van der Waals surface area contributed by atoms with Crippen molar-refractivity contribution in [3.63, 3.8) is 0 Å². The zero-order chi connectivity index (χ0) is 14.0. The smallest absolute Gasteiger partial charge is 0.181 e. The van der Waals surface area contributed by atoms with Gasteiger partial charge in [-0.05, 0) is 25.0 Å². The van der Waals surface area contributed by atoms with Gasteiger partial charge in [0.25, 0.3) is 0 Å². The molecule has 104 valence electrons. The highest BCUT2D eigenvalue weighted by atomic mass is 35.5. The molecule has 2 rings (SSSR count). The molecule has 3 nitrogen and oxygen atoms in total. The monoisotopic (exact) mass is 288 g/mol. The van der Waals surface area contributed by atoms with Crippen molar-refractivity contribution < 1.29 is 13.6 Å². The van der Waals surface area contributed by atoms with Crippen LogP contribution in [0, 0.1) is 11.6 Å². The Morgan fingerprint density at radius 2 is 2.00 bits per heavy atom. The van der Waals surface area contributed by atoms with E-state index in [1.807, 2.05) is 4.90 Å². The molecule has 0 radical (unpaired) electrons. The van der Waals surface area contributed by atoms with Crippen LogP contribution in [0.3, 0.4) is 0 Å². The van der Waals surface area contributed by atoms with Crippen molar-refractivity contribution in [2.24, 2.45) is 5.73 Å². The Morgan fingerprint density at radius 3 is 2.63 bits per heavy atom. The molecule has 0 saturated carbocycles. The molecule has 0 aliphatic carbocycles. The Hall–Kier alpha value is -1.04. The highest BCUT2D eigenvalue weighted by molar-refractivity contribution is 6.34. The van der Waals surface area contributed by atoms with E-state index in [1.165, 1.54) is 6.07 Å². The van der Waals surface area contributed by atoms with E-state index in [-0.39, 0.29) is 23.2 Å². The third kappa shape index (κ3) is 3.29. The SMILES string of the molecule is NC1CCN(CC(=O)c2c(Cl)ccc(F)c2F)CC1. The summed E-state index contributed by atoms with van der Waals surface area (Å²) in [7, 11) is 0. The van der Waals surface area contributed by atoms with Gasteiger partial charge in [0.1, 0.15) is 0 Å². The molecule has 0 aromatic heterocycles. The third-order valence-corrected chi connectivity index (χ3v) is 3.64. The summed E-state index contributed by atoms with van der Waals surface area (Å²) in [4.78, 5) is 13.9. The van der Waals surface area contributed by atoms with Crippen molar-refractivity contribution >= 4 is 17.4 Å². The Kier molecular flexibility index (Phi) is 4.50. The molecule has 0 unspecified atom stereocenters. The summed E-state index contributed by atoms with van der Waals surface area (Å²) in [5, 5.41) is -0.0578. The van der Waals surface area contributed by atoms with Crippen molar-refractivity contribution in [2.75, 3.05) is 19.6 Å². The zero-order valence-electron chi connectivity index (χ0n) is 10.3. The van der Waals surface area contributed by atoms with Gasteiger partial charge in [-0.15, -0.1) is 0 Å². The molecule has 1 aromatic carbocycles. The fourth-order valence-corrected chi connectivity index (χ4v) is 2.43. The minimum absolute atomic E-state index is 0.0345. The number of likely N-dealkylation sites (tertiary alicyclic amines) is 1. The quantitative estimate of drug-likeness (QED) is 0.685. The summed E-state index contributed by atoms with van der Waals surface area (Å²) in [5.41, 5.74) is 5.40. The van der Waals surface area contributed by atoms with Crippen LogP contribution >= 0.6 is 11.6 Å². The number of hydrogen-bond donors (Lipinski definition) is 1. The number of rotatable bonds is 3. The molecule has 1 fully saturated rings. The topological polar surface area (TPSA) is 46.3 Å². The third-order valence-electron chi connectivity index (χ3n) is 3.32. The van der Waals surface area contributed by atoms with E-state index in [4.69, 9.17) is 17.3 Å². The van der Waals surface area contributed by atoms with Gasteiger partial charge in [0.2, 0.25) is 0 Å². The lowest BCUT2D eigenvalue weighted by molar-refractivity contribution is 0.0905. The molecule has 1 aromatic rings. The molecule has 0 spiro atoms. The van der Waals surface area contributed by atoms with Gasteiger partial charge < -0.3 is 5.73 Å². The first kappa shape index (κ1) is 14.4. The minimum Gasteiger partial charge on any atom is -0.328 e. The normalized spacial score (nSPS) is 17.7. The molecule has 1 aliphatic heterocycles. The highest BCUT2D eigenvalue weighted by Crippen LogP contribution is 2.22.